The van der Waals surface area contributed by atoms with Gasteiger partial charge in [-0.15, -0.1) is 0 Å². The van der Waals surface area contributed by atoms with Crippen molar-refractivity contribution in [2.75, 3.05) is 18.8 Å². The van der Waals surface area contributed by atoms with Gasteiger partial charge in [-0.1, -0.05) is 19.8 Å². The predicted octanol–water partition coefficient (Wildman–Crippen LogP) is 2.34. The fourth-order valence-electron chi connectivity index (χ4n) is 2.84. The molecule has 0 bridgehead atoms. The lowest BCUT2D eigenvalue weighted by molar-refractivity contribution is 0.262. The molecule has 1 aromatic rings. The fourth-order valence-corrected chi connectivity index (χ4v) is 4.41. The third-order valence-corrected chi connectivity index (χ3v) is 6.00. The third kappa shape index (κ3) is 3.36. The van der Waals surface area contributed by atoms with Crippen molar-refractivity contribution in [2.45, 2.75) is 37.5 Å². The minimum absolute atomic E-state index is 0.107. The smallest absolute Gasteiger partial charge is 0.245 e. The summed E-state index contributed by atoms with van der Waals surface area (Å²) in [4.78, 5) is 0.107. The largest absolute Gasteiger partial charge is 0.398 e. The highest BCUT2D eigenvalue weighted by Gasteiger charge is 2.30. The Balaban J connectivity index is 2.18. The Morgan fingerprint density at radius 2 is 2.05 bits per heavy atom. The van der Waals surface area contributed by atoms with Crippen LogP contribution >= 0.6 is 0 Å². The van der Waals surface area contributed by atoms with Gasteiger partial charge in [-0.25, -0.2) is 8.42 Å². The number of rotatable bonds is 4. The second-order valence-electron chi connectivity index (χ2n) is 5.50. The van der Waals surface area contributed by atoms with Crippen LogP contribution in [0.2, 0.25) is 0 Å². The van der Waals surface area contributed by atoms with Gasteiger partial charge in [0.1, 0.15) is 4.90 Å². The van der Waals surface area contributed by atoms with Crippen LogP contribution in [0.25, 0.3) is 0 Å². The number of sulfonamides is 1. The summed E-state index contributed by atoms with van der Waals surface area (Å²) in [6, 6.07) is 6.30. The zero-order valence-electron chi connectivity index (χ0n) is 12.2. The molecular formula is C15H21N3O2S. The lowest BCUT2D eigenvalue weighted by Crippen LogP contribution is -2.38. The van der Waals surface area contributed by atoms with Crippen LogP contribution in [0.4, 0.5) is 5.69 Å². The molecule has 0 unspecified atom stereocenters. The van der Waals surface area contributed by atoms with Crippen molar-refractivity contribution in [1.29, 1.82) is 5.26 Å². The van der Waals surface area contributed by atoms with E-state index in [4.69, 9.17) is 11.0 Å². The maximum Gasteiger partial charge on any atom is 0.245 e. The van der Waals surface area contributed by atoms with Crippen molar-refractivity contribution in [1.82, 2.24) is 4.31 Å². The first kappa shape index (κ1) is 15.8. The van der Waals surface area contributed by atoms with Gasteiger partial charge < -0.3 is 5.73 Å². The summed E-state index contributed by atoms with van der Waals surface area (Å²) in [7, 11) is -3.56. The maximum atomic E-state index is 12.6. The number of nitrogens with zero attached hydrogens (tertiary/aromatic N) is 2. The van der Waals surface area contributed by atoms with E-state index in [0.717, 1.165) is 25.7 Å². The molecule has 21 heavy (non-hydrogen) atoms. The number of nitrogen functional groups attached to an aromatic ring is 1. The van der Waals surface area contributed by atoms with E-state index in [-0.39, 0.29) is 10.6 Å². The minimum atomic E-state index is -3.56. The summed E-state index contributed by atoms with van der Waals surface area (Å²) in [5.74, 6) is 0.625. The highest BCUT2D eigenvalue weighted by atomic mass is 32.2. The van der Waals surface area contributed by atoms with Gasteiger partial charge in [0.15, 0.2) is 0 Å². The molecule has 114 valence electrons. The van der Waals surface area contributed by atoms with Gasteiger partial charge in [-0.2, -0.15) is 9.57 Å². The number of nitriles is 1. The molecule has 1 aromatic carbocycles. The Labute approximate surface area is 126 Å². The molecule has 6 heteroatoms. The number of piperidine rings is 1. The number of anilines is 1. The zero-order chi connectivity index (χ0) is 15.5. The van der Waals surface area contributed by atoms with E-state index < -0.39 is 10.0 Å². The quantitative estimate of drug-likeness (QED) is 0.865. The normalized spacial score (nSPS) is 17.5. The molecular weight excluding hydrogens is 286 g/mol. The first-order valence-corrected chi connectivity index (χ1v) is 8.72. The van der Waals surface area contributed by atoms with Crippen LogP contribution in [0.5, 0.6) is 0 Å². The summed E-state index contributed by atoms with van der Waals surface area (Å²) in [6.45, 7) is 3.25. The van der Waals surface area contributed by atoms with Crippen LogP contribution in [-0.4, -0.2) is 25.8 Å². The highest BCUT2D eigenvalue weighted by molar-refractivity contribution is 7.89. The van der Waals surface area contributed by atoms with Crippen LogP contribution in [0.1, 0.15) is 38.2 Å². The van der Waals surface area contributed by atoms with Crippen molar-refractivity contribution < 1.29 is 8.42 Å². The van der Waals surface area contributed by atoms with Crippen molar-refractivity contribution in [3.8, 4) is 6.07 Å². The Morgan fingerprint density at radius 1 is 1.38 bits per heavy atom. The number of benzene rings is 1. The molecule has 2 N–H and O–H groups in total. The second-order valence-corrected chi connectivity index (χ2v) is 7.41. The molecule has 0 radical (unpaired) electrons. The molecule has 0 amide bonds. The van der Waals surface area contributed by atoms with Crippen molar-refractivity contribution in [3.63, 3.8) is 0 Å². The van der Waals surface area contributed by atoms with E-state index >= 15 is 0 Å². The molecule has 0 atom stereocenters. The first-order valence-electron chi connectivity index (χ1n) is 7.28. The molecule has 0 aliphatic carbocycles. The van der Waals surface area contributed by atoms with E-state index in [0.29, 0.717) is 24.6 Å². The lowest BCUT2D eigenvalue weighted by atomic mass is 9.94. The average molecular weight is 307 g/mol. The predicted molar refractivity (Wildman–Crippen MR) is 82.0 cm³/mol. The molecule has 1 fully saturated rings. The standard InChI is InChI=1S/C15H21N3O2S/c1-2-3-12-6-8-18(9-7-12)21(19,20)15-5-4-13(11-16)10-14(15)17/h4-5,10,12H,2-3,6-9,17H2,1H3. The molecule has 1 saturated heterocycles. The van der Waals surface area contributed by atoms with E-state index in [9.17, 15) is 8.42 Å². The summed E-state index contributed by atoms with van der Waals surface area (Å²) in [5, 5.41) is 8.82. The molecule has 0 saturated carbocycles. The van der Waals surface area contributed by atoms with Crippen LogP contribution in [-0.2, 0) is 10.0 Å². The second kappa shape index (κ2) is 6.46. The Kier molecular flexibility index (Phi) is 4.86. The maximum absolute atomic E-state index is 12.6. The van der Waals surface area contributed by atoms with Gasteiger partial charge in [-0.3, -0.25) is 0 Å². The summed E-state index contributed by atoms with van der Waals surface area (Å²) >= 11 is 0. The van der Waals surface area contributed by atoms with E-state index in [1.165, 1.54) is 22.5 Å². The topological polar surface area (TPSA) is 87.2 Å². The molecule has 5 nitrogen and oxygen atoms in total. The lowest BCUT2D eigenvalue weighted by Gasteiger charge is -2.31. The van der Waals surface area contributed by atoms with Gasteiger partial charge >= 0.3 is 0 Å². The molecule has 1 aliphatic heterocycles. The average Bonchev–Trinajstić information content (AvgIpc) is 2.47. The van der Waals surface area contributed by atoms with Crippen LogP contribution in [0.15, 0.2) is 23.1 Å². The third-order valence-electron chi connectivity index (χ3n) is 4.03. The minimum Gasteiger partial charge on any atom is -0.398 e. The summed E-state index contributed by atoms with van der Waals surface area (Å²) in [6.07, 6.45) is 4.11. The van der Waals surface area contributed by atoms with Gasteiger partial charge in [0, 0.05) is 13.1 Å². The molecule has 0 spiro atoms. The van der Waals surface area contributed by atoms with Crippen LogP contribution in [0.3, 0.4) is 0 Å². The SMILES string of the molecule is CCCC1CCN(S(=O)(=O)c2ccc(C#N)cc2N)CC1. The number of hydrogen-bond donors (Lipinski definition) is 1. The Bertz CT molecular complexity index is 641. The number of hydrogen-bond acceptors (Lipinski definition) is 4. The number of nitrogens with two attached hydrogens (primary N) is 1. The van der Waals surface area contributed by atoms with Crippen molar-refractivity contribution >= 4 is 15.7 Å². The molecule has 2 rings (SSSR count). The molecule has 0 aromatic heterocycles. The van der Waals surface area contributed by atoms with E-state index in [1.807, 2.05) is 6.07 Å². The van der Waals surface area contributed by atoms with Gasteiger partial charge in [0.2, 0.25) is 10.0 Å². The van der Waals surface area contributed by atoms with E-state index in [2.05, 4.69) is 6.92 Å². The summed E-state index contributed by atoms with van der Waals surface area (Å²) in [5.41, 5.74) is 6.32. The monoisotopic (exact) mass is 307 g/mol. The fraction of sp³-hybridized carbons (Fsp3) is 0.533. The first-order chi connectivity index (χ1) is 9.98. The van der Waals surface area contributed by atoms with Gasteiger partial charge in [0.05, 0.1) is 17.3 Å². The van der Waals surface area contributed by atoms with E-state index in [1.54, 1.807) is 0 Å². The Morgan fingerprint density at radius 3 is 2.57 bits per heavy atom. The van der Waals surface area contributed by atoms with Gasteiger partial charge in [-0.05, 0) is 37.0 Å². The molecule has 1 heterocycles. The van der Waals surface area contributed by atoms with Crippen LogP contribution < -0.4 is 5.73 Å². The highest BCUT2D eigenvalue weighted by Crippen LogP contribution is 2.29. The Hall–Kier alpha value is -1.58. The summed E-state index contributed by atoms with van der Waals surface area (Å²) < 4.78 is 26.8. The van der Waals surface area contributed by atoms with Crippen molar-refractivity contribution in [3.05, 3.63) is 23.8 Å². The van der Waals surface area contributed by atoms with Gasteiger partial charge in [0.25, 0.3) is 0 Å². The van der Waals surface area contributed by atoms with Crippen LogP contribution in [0, 0.1) is 17.2 Å². The van der Waals surface area contributed by atoms with Crippen molar-refractivity contribution in [2.24, 2.45) is 5.92 Å². The zero-order valence-corrected chi connectivity index (χ0v) is 13.1. The molecule has 1 aliphatic rings.